The van der Waals surface area contributed by atoms with Gasteiger partial charge in [0, 0.05) is 0 Å². The van der Waals surface area contributed by atoms with Crippen molar-refractivity contribution in [2.24, 2.45) is 0 Å². The lowest BCUT2D eigenvalue weighted by atomic mass is 10.0. The number of hydrogen-bond donors (Lipinski definition) is 3. The fourth-order valence-corrected chi connectivity index (χ4v) is 3.38. The minimum absolute atomic E-state index is 0.248. The van der Waals surface area contributed by atoms with Gasteiger partial charge in [0.1, 0.15) is 12.2 Å². The highest BCUT2D eigenvalue weighted by atomic mass is 32.1. The highest BCUT2D eigenvalue weighted by Gasteiger charge is 2.45. The van der Waals surface area contributed by atoms with Gasteiger partial charge in [0.2, 0.25) is 0 Å². The van der Waals surface area contributed by atoms with E-state index in [-0.39, 0.29) is 6.61 Å². The summed E-state index contributed by atoms with van der Waals surface area (Å²) in [5.41, 5.74) is 2.00. The molecule has 0 saturated carbocycles. The van der Waals surface area contributed by atoms with Crippen LogP contribution in [0.4, 0.5) is 0 Å². The third kappa shape index (κ3) is 4.85. The van der Waals surface area contributed by atoms with E-state index in [2.05, 4.69) is 12.6 Å². The molecule has 1 fully saturated rings. The molecule has 6 heteroatoms. The van der Waals surface area contributed by atoms with Crippen LogP contribution in [0.15, 0.2) is 60.7 Å². The maximum Gasteiger partial charge on any atom is 0.184 e. The number of aliphatic hydroxyl groups is 2. The lowest BCUT2D eigenvalue weighted by Gasteiger charge is -2.42. The number of benzene rings is 2. The first kappa shape index (κ1) is 19.4. The molecule has 5 nitrogen and oxygen atoms in total. The van der Waals surface area contributed by atoms with E-state index in [9.17, 15) is 10.2 Å². The van der Waals surface area contributed by atoms with Crippen LogP contribution >= 0.6 is 12.6 Å². The van der Waals surface area contributed by atoms with Crippen LogP contribution in [-0.4, -0.2) is 46.7 Å². The summed E-state index contributed by atoms with van der Waals surface area (Å²) in [6, 6.07) is 19.4. The third-order valence-electron chi connectivity index (χ3n) is 4.39. The summed E-state index contributed by atoms with van der Waals surface area (Å²) in [5.74, 6) is 0. The van der Waals surface area contributed by atoms with E-state index in [0.29, 0.717) is 13.2 Å². The van der Waals surface area contributed by atoms with E-state index in [0.717, 1.165) is 11.1 Å². The van der Waals surface area contributed by atoms with Gasteiger partial charge in [-0.15, -0.1) is 0 Å². The van der Waals surface area contributed by atoms with Crippen LogP contribution in [0.25, 0.3) is 0 Å². The van der Waals surface area contributed by atoms with Gasteiger partial charge in [-0.05, 0) is 11.1 Å². The second-order valence-electron chi connectivity index (χ2n) is 6.26. The highest BCUT2D eigenvalue weighted by molar-refractivity contribution is 7.81. The van der Waals surface area contributed by atoms with Crippen molar-refractivity contribution in [1.82, 2.24) is 0 Å². The molecule has 0 unspecified atom stereocenters. The van der Waals surface area contributed by atoms with E-state index in [1.54, 1.807) is 0 Å². The summed E-state index contributed by atoms with van der Waals surface area (Å²) in [4.78, 5) is 0. The Morgan fingerprint density at radius 3 is 1.85 bits per heavy atom. The molecule has 140 valence electrons. The Labute approximate surface area is 158 Å². The molecule has 1 aliphatic heterocycles. The summed E-state index contributed by atoms with van der Waals surface area (Å²) in [7, 11) is 0. The normalized spacial score (nSPS) is 28.8. The molecule has 0 radical (unpaired) electrons. The van der Waals surface area contributed by atoms with E-state index in [1.165, 1.54) is 0 Å². The Balaban J connectivity index is 1.69. The number of rotatable bonds is 7. The molecular weight excluding hydrogens is 352 g/mol. The molecule has 0 bridgehead atoms. The van der Waals surface area contributed by atoms with E-state index >= 15 is 0 Å². The zero-order chi connectivity index (χ0) is 18.4. The molecule has 2 N–H and O–H groups in total. The Morgan fingerprint density at radius 2 is 1.35 bits per heavy atom. The molecule has 5 atom stereocenters. The Hall–Kier alpha value is -1.41. The van der Waals surface area contributed by atoms with Crippen molar-refractivity contribution in [2.75, 3.05) is 6.61 Å². The zero-order valence-electron chi connectivity index (χ0n) is 14.3. The first-order chi connectivity index (χ1) is 12.7. The Bertz CT molecular complexity index is 654. The molecule has 0 aromatic heterocycles. The van der Waals surface area contributed by atoms with Crippen LogP contribution in [0.5, 0.6) is 0 Å². The summed E-state index contributed by atoms with van der Waals surface area (Å²) < 4.78 is 17.4. The average Bonchev–Trinajstić information content (AvgIpc) is 2.69. The fraction of sp³-hybridized carbons (Fsp3) is 0.400. The molecule has 0 aliphatic carbocycles. The molecular formula is C20H24O5S. The van der Waals surface area contributed by atoms with Crippen LogP contribution in [0, 0.1) is 0 Å². The largest absolute Gasteiger partial charge is 0.394 e. The molecule has 3 rings (SSSR count). The summed E-state index contributed by atoms with van der Waals surface area (Å²) in [6.45, 7) is 0.432. The van der Waals surface area contributed by atoms with Gasteiger partial charge < -0.3 is 24.4 Å². The molecule has 2 aromatic carbocycles. The SMILES string of the molecule is OC[C@H]1O[C@H](O)[C@H](OCc2ccccc2)[C@@H](OCc2ccccc2)[C@@H]1S. The van der Waals surface area contributed by atoms with Crippen molar-refractivity contribution in [1.29, 1.82) is 0 Å². The van der Waals surface area contributed by atoms with E-state index in [4.69, 9.17) is 14.2 Å². The third-order valence-corrected chi connectivity index (χ3v) is 5.01. The van der Waals surface area contributed by atoms with E-state index < -0.39 is 29.9 Å². The lowest BCUT2D eigenvalue weighted by molar-refractivity contribution is -0.272. The minimum Gasteiger partial charge on any atom is -0.394 e. The second kappa shape index (κ2) is 9.50. The van der Waals surface area contributed by atoms with Crippen LogP contribution in [0.1, 0.15) is 11.1 Å². The summed E-state index contributed by atoms with van der Waals surface area (Å²) in [5, 5.41) is 19.4. The number of aliphatic hydroxyl groups excluding tert-OH is 2. The number of ether oxygens (including phenoxy) is 3. The van der Waals surface area contributed by atoms with Crippen LogP contribution < -0.4 is 0 Å². The standard InChI is InChI=1S/C20H24O5S/c21-11-16-19(26)17(23-12-14-7-3-1-4-8-14)18(20(22)25-16)24-13-15-9-5-2-6-10-15/h1-10,16-22,26H,11-13H2/t16-,17-,18-,19-,20+/m1/s1. The molecule has 0 amide bonds. The Kier molecular flexibility index (Phi) is 7.07. The van der Waals surface area contributed by atoms with E-state index in [1.807, 2.05) is 60.7 Å². The fourth-order valence-electron chi connectivity index (χ4n) is 2.96. The van der Waals surface area contributed by atoms with Gasteiger partial charge >= 0.3 is 0 Å². The van der Waals surface area contributed by atoms with Crippen LogP contribution in [-0.2, 0) is 27.4 Å². The first-order valence-corrected chi connectivity index (χ1v) is 9.14. The van der Waals surface area contributed by atoms with Gasteiger partial charge in [0.15, 0.2) is 6.29 Å². The quantitative estimate of drug-likeness (QED) is 0.646. The molecule has 1 heterocycles. The van der Waals surface area contributed by atoms with Gasteiger partial charge in [-0.3, -0.25) is 0 Å². The van der Waals surface area contributed by atoms with Crippen molar-refractivity contribution < 1.29 is 24.4 Å². The predicted molar refractivity (Wildman–Crippen MR) is 101 cm³/mol. The maximum atomic E-state index is 10.4. The smallest absolute Gasteiger partial charge is 0.184 e. The number of hydrogen-bond acceptors (Lipinski definition) is 6. The summed E-state index contributed by atoms with van der Waals surface area (Å²) in [6.07, 6.45) is -3.04. The van der Waals surface area contributed by atoms with Gasteiger partial charge in [-0.25, -0.2) is 0 Å². The topological polar surface area (TPSA) is 68.2 Å². The highest BCUT2D eigenvalue weighted by Crippen LogP contribution is 2.29. The van der Waals surface area contributed by atoms with Crippen molar-refractivity contribution >= 4 is 12.6 Å². The lowest BCUT2D eigenvalue weighted by Crippen LogP contribution is -2.58. The average molecular weight is 376 g/mol. The second-order valence-corrected chi connectivity index (χ2v) is 6.86. The van der Waals surface area contributed by atoms with Gasteiger partial charge in [-0.1, -0.05) is 60.7 Å². The molecule has 1 aliphatic rings. The van der Waals surface area contributed by atoms with Gasteiger partial charge in [0.05, 0.1) is 31.2 Å². The molecule has 26 heavy (non-hydrogen) atoms. The van der Waals surface area contributed by atoms with Crippen LogP contribution in [0.2, 0.25) is 0 Å². The van der Waals surface area contributed by atoms with Crippen molar-refractivity contribution in [2.45, 2.75) is 43.1 Å². The maximum absolute atomic E-state index is 10.4. The van der Waals surface area contributed by atoms with Crippen LogP contribution in [0.3, 0.4) is 0 Å². The minimum atomic E-state index is -1.19. The molecule has 0 spiro atoms. The zero-order valence-corrected chi connectivity index (χ0v) is 15.2. The van der Waals surface area contributed by atoms with Gasteiger partial charge in [-0.2, -0.15) is 12.6 Å². The first-order valence-electron chi connectivity index (χ1n) is 8.62. The predicted octanol–water partition coefficient (Wildman–Crippen LogP) is 2.17. The van der Waals surface area contributed by atoms with Crippen molar-refractivity contribution in [3.63, 3.8) is 0 Å². The molecule has 2 aromatic rings. The summed E-state index contributed by atoms with van der Waals surface area (Å²) >= 11 is 4.56. The number of thiol groups is 1. The van der Waals surface area contributed by atoms with Crippen molar-refractivity contribution in [3.8, 4) is 0 Å². The van der Waals surface area contributed by atoms with Crippen molar-refractivity contribution in [3.05, 3.63) is 71.8 Å². The molecule has 1 saturated heterocycles. The Morgan fingerprint density at radius 1 is 0.846 bits per heavy atom. The van der Waals surface area contributed by atoms with Gasteiger partial charge in [0.25, 0.3) is 0 Å². The monoisotopic (exact) mass is 376 g/mol.